The van der Waals surface area contributed by atoms with Crippen LogP contribution in [0, 0.1) is 5.82 Å². The number of rotatable bonds is 4. The van der Waals surface area contributed by atoms with E-state index in [1.54, 1.807) is 6.07 Å². The minimum absolute atomic E-state index is 0.130. The van der Waals surface area contributed by atoms with Crippen molar-refractivity contribution in [3.63, 3.8) is 0 Å². The van der Waals surface area contributed by atoms with Crippen molar-refractivity contribution in [2.24, 2.45) is 0 Å². The minimum Gasteiger partial charge on any atom is -0.394 e. The molecule has 2 rings (SSSR count). The van der Waals surface area contributed by atoms with Gasteiger partial charge in [-0.05, 0) is 25.0 Å². The Bertz CT molecular complexity index is 366. The molecule has 0 atom stereocenters. The van der Waals surface area contributed by atoms with Gasteiger partial charge in [0, 0.05) is 22.1 Å². The Morgan fingerprint density at radius 2 is 2.20 bits per heavy atom. The summed E-state index contributed by atoms with van der Waals surface area (Å²) in [7, 11) is 0. The van der Waals surface area contributed by atoms with Crippen molar-refractivity contribution in [1.82, 2.24) is 5.32 Å². The molecule has 0 aromatic heterocycles. The van der Waals surface area contributed by atoms with Gasteiger partial charge in [0.1, 0.15) is 5.82 Å². The molecule has 2 N–H and O–H groups in total. The average molecular weight is 274 g/mol. The summed E-state index contributed by atoms with van der Waals surface area (Å²) in [6, 6.07) is 5.02. The van der Waals surface area contributed by atoms with Crippen LogP contribution in [-0.2, 0) is 6.54 Å². The fraction of sp³-hybridized carbons (Fsp3) is 0.455. The summed E-state index contributed by atoms with van der Waals surface area (Å²) in [6.45, 7) is 0.602. The van der Waals surface area contributed by atoms with Gasteiger partial charge in [0.2, 0.25) is 0 Å². The Morgan fingerprint density at radius 1 is 1.47 bits per heavy atom. The monoisotopic (exact) mass is 273 g/mol. The molecule has 15 heavy (non-hydrogen) atoms. The molecule has 2 nitrogen and oxygen atoms in total. The second-order valence-corrected chi connectivity index (χ2v) is 4.94. The van der Waals surface area contributed by atoms with Crippen LogP contribution < -0.4 is 5.32 Å². The van der Waals surface area contributed by atoms with E-state index in [0.29, 0.717) is 12.1 Å². The maximum atomic E-state index is 13.4. The lowest BCUT2D eigenvalue weighted by Crippen LogP contribution is -2.34. The Kier molecular flexibility index (Phi) is 3.09. The molecule has 0 unspecified atom stereocenters. The van der Waals surface area contributed by atoms with Gasteiger partial charge in [0.25, 0.3) is 0 Å². The summed E-state index contributed by atoms with van der Waals surface area (Å²) in [5.41, 5.74) is 0.498. The molecule has 0 spiro atoms. The van der Waals surface area contributed by atoms with Gasteiger partial charge >= 0.3 is 0 Å². The highest BCUT2D eigenvalue weighted by atomic mass is 79.9. The van der Waals surface area contributed by atoms with Crippen molar-refractivity contribution in [2.45, 2.75) is 24.9 Å². The van der Waals surface area contributed by atoms with E-state index >= 15 is 0 Å². The van der Waals surface area contributed by atoms with Gasteiger partial charge in [-0.1, -0.05) is 22.0 Å². The van der Waals surface area contributed by atoms with Crippen molar-refractivity contribution in [3.05, 3.63) is 34.1 Å². The van der Waals surface area contributed by atoms with E-state index in [0.717, 1.165) is 17.3 Å². The SMILES string of the molecule is OCC1(NCc2ccc(Br)cc2F)CC1. The first-order valence-corrected chi connectivity index (χ1v) is 5.74. The molecule has 1 aliphatic rings. The van der Waals surface area contributed by atoms with Gasteiger partial charge in [-0.2, -0.15) is 0 Å². The molecular weight excluding hydrogens is 261 g/mol. The van der Waals surface area contributed by atoms with E-state index in [-0.39, 0.29) is 18.0 Å². The Labute approximate surface area is 96.6 Å². The largest absolute Gasteiger partial charge is 0.394 e. The van der Waals surface area contributed by atoms with E-state index in [1.165, 1.54) is 6.07 Å². The third kappa shape index (κ3) is 2.56. The average Bonchev–Trinajstić information content (AvgIpc) is 2.97. The smallest absolute Gasteiger partial charge is 0.128 e. The standard InChI is InChI=1S/C11H13BrFNO/c12-9-2-1-8(10(13)5-9)6-14-11(7-15)3-4-11/h1-2,5,14-15H,3-4,6-7H2. The van der Waals surface area contributed by atoms with E-state index < -0.39 is 0 Å². The van der Waals surface area contributed by atoms with Crippen molar-refractivity contribution in [2.75, 3.05) is 6.61 Å². The van der Waals surface area contributed by atoms with Crippen molar-refractivity contribution < 1.29 is 9.50 Å². The van der Waals surface area contributed by atoms with Gasteiger partial charge in [-0.15, -0.1) is 0 Å². The quantitative estimate of drug-likeness (QED) is 0.882. The Morgan fingerprint density at radius 3 is 2.73 bits per heavy atom. The summed E-state index contributed by atoms with van der Waals surface area (Å²) in [4.78, 5) is 0. The molecule has 0 amide bonds. The lowest BCUT2D eigenvalue weighted by atomic mass is 10.2. The van der Waals surface area contributed by atoms with Crippen molar-refractivity contribution in [3.8, 4) is 0 Å². The lowest BCUT2D eigenvalue weighted by Gasteiger charge is -2.14. The molecule has 0 saturated heterocycles. The molecule has 0 bridgehead atoms. The van der Waals surface area contributed by atoms with Crippen molar-refractivity contribution in [1.29, 1.82) is 0 Å². The highest BCUT2D eigenvalue weighted by Gasteiger charge is 2.41. The molecule has 1 fully saturated rings. The van der Waals surface area contributed by atoms with Gasteiger partial charge in [0.05, 0.1) is 6.61 Å². The fourth-order valence-electron chi connectivity index (χ4n) is 1.49. The Hall–Kier alpha value is -0.450. The van der Waals surface area contributed by atoms with Gasteiger partial charge in [-0.3, -0.25) is 0 Å². The first-order chi connectivity index (χ1) is 7.15. The minimum atomic E-state index is -0.217. The summed E-state index contributed by atoms with van der Waals surface area (Å²) >= 11 is 3.21. The third-order valence-electron chi connectivity index (χ3n) is 2.83. The Balaban J connectivity index is 1.99. The first-order valence-electron chi connectivity index (χ1n) is 4.95. The topological polar surface area (TPSA) is 32.3 Å². The van der Waals surface area contributed by atoms with Gasteiger partial charge in [-0.25, -0.2) is 4.39 Å². The number of benzene rings is 1. The number of hydrogen-bond donors (Lipinski definition) is 2. The number of nitrogens with one attached hydrogen (secondary N) is 1. The van der Waals surface area contributed by atoms with Crippen LogP contribution in [0.3, 0.4) is 0 Å². The number of aliphatic hydroxyl groups is 1. The predicted octanol–water partition coefficient (Wildman–Crippen LogP) is 2.20. The second-order valence-electron chi connectivity index (χ2n) is 4.03. The van der Waals surface area contributed by atoms with Crippen LogP contribution in [0.2, 0.25) is 0 Å². The zero-order valence-corrected chi connectivity index (χ0v) is 9.85. The van der Waals surface area contributed by atoms with Crippen LogP contribution in [-0.4, -0.2) is 17.3 Å². The number of aliphatic hydroxyl groups excluding tert-OH is 1. The molecule has 1 aliphatic carbocycles. The maximum Gasteiger partial charge on any atom is 0.128 e. The van der Waals surface area contributed by atoms with E-state index in [4.69, 9.17) is 5.11 Å². The zero-order chi connectivity index (χ0) is 10.9. The van der Waals surface area contributed by atoms with E-state index in [1.807, 2.05) is 6.07 Å². The lowest BCUT2D eigenvalue weighted by molar-refractivity contribution is 0.229. The van der Waals surface area contributed by atoms with Crippen LogP contribution in [0.15, 0.2) is 22.7 Å². The third-order valence-corrected chi connectivity index (χ3v) is 3.32. The fourth-order valence-corrected chi connectivity index (χ4v) is 1.82. The molecule has 0 heterocycles. The van der Waals surface area contributed by atoms with Gasteiger partial charge < -0.3 is 10.4 Å². The second kappa shape index (κ2) is 4.20. The first kappa shape index (κ1) is 11.0. The highest BCUT2D eigenvalue weighted by Crippen LogP contribution is 2.34. The number of halogens is 2. The van der Waals surface area contributed by atoms with Crippen LogP contribution in [0.25, 0.3) is 0 Å². The zero-order valence-electron chi connectivity index (χ0n) is 8.26. The molecule has 4 heteroatoms. The summed E-state index contributed by atoms with van der Waals surface area (Å²) in [5, 5.41) is 12.3. The van der Waals surface area contributed by atoms with Crippen LogP contribution in [0.1, 0.15) is 18.4 Å². The molecule has 1 saturated carbocycles. The van der Waals surface area contributed by atoms with Crippen molar-refractivity contribution >= 4 is 15.9 Å². The predicted molar refractivity (Wildman–Crippen MR) is 60.0 cm³/mol. The van der Waals surface area contributed by atoms with Crippen LogP contribution >= 0.6 is 15.9 Å². The summed E-state index contributed by atoms with van der Waals surface area (Å²) in [5.74, 6) is -0.217. The molecule has 0 radical (unpaired) electrons. The molecule has 0 aliphatic heterocycles. The maximum absolute atomic E-state index is 13.4. The molecule has 1 aromatic rings. The van der Waals surface area contributed by atoms with E-state index in [9.17, 15) is 4.39 Å². The molecule has 1 aromatic carbocycles. The number of hydrogen-bond acceptors (Lipinski definition) is 2. The normalized spacial score (nSPS) is 17.8. The summed E-state index contributed by atoms with van der Waals surface area (Å²) < 4.78 is 14.2. The van der Waals surface area contributed by atoms with Gasteiger partial charge in [0.15, 0.2) is 0 Å². The highest BCUT2D eigenvalue weighted by molar-refractivity contribution is 9.10. The molecule has 82 valence electrons. The molecular formula is C11H13BrFNO. The van der Waals surface area contributed by atoms with E-state index in [2.05, 4.69) is 21.2 Å². The van der Waals surface area contributed by atoms with Crippen LogP contribution in [0.4, 0.5) is 4.39 Å². The van der Waals surface area contributed by atoms with Crippen LogP contribution in [0.5, 0.6) is 0 Å². The summed E-state index contributed by atoms with van der Waals surface area (Å²) in [6.07, 6.45) is 1.95.